The van der Waals surface area contributed by atoms with E-state index in [4.69, 9.17) is 5.11 Å². The van der Waals surface area contributed by atoms with Crippen LogP contribution in [0.2, 0.25) is 0 Å². The molecule has 0 aromatic heterocycles. The molecule has 70 valence electrons. The van der Waals surface area contributed by atoms with Gasteiger partial charge < -0.3 is 10.0 Å². The van der Waals surface area contributed by atoms with Crippen molar-refractivity contribution in [3.8, 4) is 0 Å². The minimum absolute atomic E-state index is 0.243. The SMILES string of the molecule is Cc1ccc2c(c1)N(CCO)CC2. The molecule has 2 heteroatoms. The Bertz CT molecular complexity index is 307. The molecule has 1 aliphatic rings. The van der Waals surface area contributed by atoms with Crippen LogP contribution in [0.4, 0.5) is 5.69 Å². The summed E-state index contributed by atoms with van der Waals surface area (Å²) < 4.78 is 0. The van der Waals surface area contributed by atoms with E-state index in [1.807, 2.05) is 0 Å². The molecule has 1 aromatic carbocycles. The number of fused-ring (bicyclic) bond motifs is 1. The van der Waals surface area contributed by atoms with E-state index in [-0.39, 0.29) is 6.61 Å². The number of aliphatic hydroxyl groups is 1. The van der Waals surface area contributed by atoms with Gasteiger partial charge in [0.15, 0.2) is 0 Å². The highest BCUT2D eigenvalue weighted by atomic mass is 16.3. The molecule has 0 unspecified atom stereocenters. The quantitative estimate of drug-likeness (QED) is 0.737. The topological polar surface area (TPSA) is 23.5 Å². The Kier molecular flexibility index (Phi) is 2.23. The molecule has 0 fully saturated rings. The van der Waals surface area contributed by atoms with Crippen molar-refractivity contribution in [3.05, 3.63) is 29.3 Å². The molecule has 0 spiro atoms. The molecule has 1 heterocycles. The molecule has 0 radical (unpaired) electrons. The number of hydrogen-bond donors (Lipinski definition) is 1. The Hall–Kier alpha value is -1.02. The summed E-state index contributed by atoms with van der Waals surface area (Å²) in [7, 11) is 0. The number of rotatable bonds is 2. The first kappa shape index (κ1) is 8.57. The average molecular weight is 177 g/mol. The predicted molar refractivity (Wildman–Crippen MR) is 54.2 cm³/mol. The van der Waals surface area contributed by atoms with Gasteiger partial charge >= 0.3 is 0 Å². The van der Waals surface area contributed by atoms with Gasteiger partial charge in [-0.15, -0.1) is 0 Å². The Morgan fingerprint density at radius 1 is 1.46 bits per heavy atom. The molecule has 2 rings (SSSR count). The molecule has 2 nitrogen and oxygen atoms in total. The number of anilines is 1. The minimum Gasteiger partial charge on any atom is -0.395 e. The molecule has 0 saturated carbocycles. The van der Waals surface area contributed by atoms with Crippen LogP contribution in [0.5, 0.6) is 0 Å². The summed E-state index contributed by atoms with van der Waals surface area (Å²) in [5.74, 6) is 0. The van der Waals surface area contributed by atoms with Crippen LogP contribution in [0.3, 0.4) is 0 Å². The van der Waals surface area contributed by atoms with Crippen LogP contribution in [0.1, 0.15) is 11.1 Å². The van der Waals surface area contributed by atoms with Gasteiger partial charge in [-0.25, -0.2) is 0 Å². The molecular weight excluding hydrogens is 162 g/mol. The summed E-state index contributed by atoms with van der Waals surface area (Å²) in [5.41, 5.74) is 4.02. The fraction of sp³-hybridized carbons (Fsp3) is 0.455. The first-order valence-corrected chi connectivity index (χ1v) is 4.76. The molecule has 1 aliphatic heterocycles. The van der Waals surface area contributed by atoms with Gasteiger partial charge in [-0.3, -0.25) is 0 Å². The van der Waals surface area contributed by atoms with Crippen molar-refractivity contribution in [1.29, 1.82) is 0 Å². The maximum atomic E-state index is 8.88. The van der Waals surface area contributed by atoms with E-state index in [0.29, 0.717) is 0 Å². The maximum Gasteiger partial charge on any atom is 0.0606 e. The van der Waals surface area contributed by atoms with Crippen molar-refractivity contribution >= 4 is 5.69 Å². The lowest BCUT2D eigenvalue weighted by molar-refractivity contribution is 0.303. The number of hydrogen-bond acceptors (Lipinski definition) is 2. The highest BCUT2D eigenvalue weighted by Gasteiger charge is 2.17. The maximum absolute atomic E-state index is 8.88. The smallest absolute Gasteiger partial charge is 0.0606 e. The summed E-state index contributed by atoms with van der Waals surface area (Å²) in [5, 5.41) is 8.88. The molecule has 1 N–H and O–H groups in total. The monoisotopic (exact) mass is 177 g/mol. The first-order chi connectivity index (χ1) is 6.31. The molecular formula is C11H15NO. The second kappa shape index (κ2) is 3.38. The van der Waals surface area contributed by atoms with Crippen LogP contribution in [-0.2, 0) is 6.42 Å². The predicted octanol–water partition coefficient (Wildman–Crippen LogP) is 1.35. The second-order valence-corrected chi connectivity index (χ2v) is 3.59. The molecule has 0 amide bonds. The van der Waals surface area contributed by atoms with Crippen molar-refractivity contribution in [1.82, 2.24) is 0 Å². The Morgan fingerprint density at radius 3 is 3.08 bits per heavy atom. The van der Waals surface area contributed by atoms with Gasteiger partial charge in [0.25, 0.3) is 0 Å². The number of nitrogens with zero attached hydrogens (tertiary/aromatic N) is 1. The lowest BCUT2D eigenvalue weighted by atomic mass is 10.1. The summed E-state index contributed by atoms with van der Waals surface area (Å²) in [6.45, 7) is 4.17. The molecule has 0 aliphatic carbocycles. The summed E-state index contributed by atoms with van der Waals surface area (Å²) in [4.78, 5) is 2.25. The third-order valence-electron chi connectivity index (χ3n) is 2.60. The van der Waals surface area contributed by atoms with E-state index in [1.54, 1.807) is 0 Å². The van der Waals surface area contributed by atoms with E-state index in [2.05, 4.69) is 30.0 Å². The van der Waals surface area contributed by atoms with Crippen molar-refractivity contribution in [2.24, 2.45) is 0 Å². The lowest BCUT2D eigenvalue weighted by Gasteiger charge is -2.17. The van der Waals surface area contributed by atoms with Gasteiger partial charge in [-0.05, 0) is 30.5 Å². The molecule has 0 bridgehead atoms. The Balaban J connectivity index is 2.29. The molecule has 13 heavy (non-hydrogen) atoms. The summed E-state index contributed by atoms with van der Waals surface area (Å²) in [6.07, 6.45) is 1.12. The molecule has 1 aromatic rings. The minimum atomic E-state index is 0.243. The third kappa shape index (κ3) is 1.54. The largest absolute Gasteiger partial charge is 0.395 e. The summed E-state index contributed by atoms with van der Waals surface area (Å²) in [6, 6.07) is 6.56. The Morgan fingerprint density at radius 2 is 2.31 bits per heavy atom. The van der Waals surface area contributed by atoms with Gasteiger partial charge in [0, 0.05) is 18.8 Å². The van der Waals surface area contributed by atoms with Crippen molar-refractivity contribution in [2.75, 3.05) is 24.6 Å². The van der Waals surface area contributed by atoms with Crippen molar-refractivity contribution < 1.29 is 5.11 Å². The fourth-order valence-electron chi connectivity index (χ4n) is 1.91. The zero-order valence-electron chi connectivity index (χ0n) is 7.95. The lowest BCUT2D eigenvalue weighted by Crippen LogP contribution is -2.23. The number of benzene rings is 1. The first-order valence-electron chi connectivity index (χ1n) is 4.76. The molecule has 0 saturated heterocycles. The Labute approximate surface area is 78.8 Å². The van der Waals surface area contributed by atoms with Crippen molar-refractivity contribution in [2.45, 2.75) is 13.3 Å². The zero-order chi connectivity index (χ0) is 9.26. The number of aryl methyl sites for hydroxylation is 1. The third-order valence-corrected chi connectivity index (χ3v) is 2.60. The van der Waals surface area contributed by atoms with Gasteiger partial charge in [-0.2, -0.15) is 0 Å². The van der Waals surface area contributed by atoms with Crippen LogP contribution >= 0.6 is 0 Å². The van der Waals surface area contributed by atoms with Gasteiger partial charge in [-0.1, -0.05) is 12.1 Å². The van der Waals surface area contributed by atoms with Crippen LogP contribution in [0, 0.1) is 6.92 Å². The van der Waals surface area contributed by atoms with E-state index in [9.17, 15) is 0 Å². The van der Waals surface area contributed by atoms with Crippen LogP contribution in [0.25, 0.3) is 0 Å². The zero-order valence-corrected chi connectivity index (χ0v) is 7.95. The van der Waals surface area contributed by atoms with Gasteiger partial charge in [0.2, 0.25) is 0 Å². The second-order valence-electron chi connectivity index (χ2n) is 3.59. The highest BCUT2D eigenvalue weighted by Crippen LogP contribution is 2.28. The van der Waals surface area contributed by atoms with Crippen LogP contribution in [-0.4, -0.2) is 24.8 Å². The van der Waals surface area contributed by atoms with E-state index in [0.717, 1.165) is 19.5 Å². The normalized spacial score (nSPS) is 14.8. The van der Waals surface area contributed by atoms with Crippen molar-refractivity contribution in [3.63, 3.8) is 0 Å². The number of aliphatic hydroxyl groups excluding tert-OH is 1. The van der Waals surface area contributed by atoms with Crippen LogP contribution in [0.15, 0.2) is 18.2 Å². The van der Waals surface area contributed by atoms with E-state index >= 15 is 0 Å². The highest BCUT2D eigenvalue weighted by molar-refractivity contribution is 5.59. The van der Waals surface area contributed by atoms with Gasteiger partial charge in [0.05, 0.1) is 6.61 Å². The van der Waals surface area contributed by atoms with E-state index in [1.165, 1.54) is 16.8 Å². The standard InChI is InChI=1S/C11H15NO/c1-9-2-3-10-4-5-12(6-7-13)11(10)8-9/h2-3,8,13H,4-7H2,1H3. The van der Waals surface area contributed by atoms with Gasteiger partial charge in [0.1, 0.15) is 0 Å². The average Bonchev–Trinajstić information content (AvgIpc) is 2.49. The van der Waals surface area contributed by atoms with E-state index < -0.39 is 0 Å². The number of β-amino-alcohol motifs (C(OH)–C–C–N with tert-alkyl or cyclic N) is 1. The van der Waals surface area contributed by atoms with Crippen LogP contribution < -0.4 is 4.90 Å². The fourth-order valence-corrected chi connectivity index (χ4v) is 1.91. The molecule has 0 atom stereocenters. The summed E-state index contributed by atoms with van der Waals surface area (Å²) >= 11 is 0.